The first-order valence-corrected chi connectivity index (χ1v) is 8.25. The van der Waals surface area contributed by atoms with Crippen molar-refractivity contribution in [3.63, 3.8) is 0 Å². The zero-order valence-electron chi connectivity index (χ0n) is 9.85. The molecule has 1 atom stereocenters. The molecule has 0 saturated heterocycles. The van der Waals surface area contributed by atoms with Gasteiger partial charge < -0.3 is 0 Å². The van der Waals surface area contributed by atoms with Gasteiger partial charge in [-0.2, -0.15) is 0 Å². The molecule has 19 heavy (non-hydrogen) atoms. The van der Waals surface area contributed by atoms with Crippen molar-refractivity contribution in [2.45, 2.75) is 12.3 Å². The predicted molar refractivity (Wildman–Crippen MR) is 88.4 cm³/mol. The molecular weight excluding hydrogens is 462 g/mol. The average molecular weight is 471 g/mol. The van der Waals surface area contributed by atoms with Crippen molar-refractivity contribution in [3.8, 4) is 0 Å². The number of benzene rings is 2. The zero-order valence-corrected chi connectivity index (χ0v) is 15.4. The van der Waals surface area contributed by atoms with Crippen molar-refractivity contribution < 1.29 is 4.39 Å². The molecule has 0 spiro atoms. The Bertz CT molecular complexity index is 608. The van der Waals surface area contributed by atoms with Crippen LogP contribution in [0.1, 0.15) is 22.1 Å². The van der Waals surface area contributed by atoms with E-state index in [1.54, 1.807) is 0 Å². The van der Waals surface area contributed by atoms with Crippen LogP contribution in [0.4, 0.5) is 4.39 Å². The van der Waals surface area contributed by atoms with E-state index in [2.05, 4.69) is 47.8 Å². The summed E-state index contributed by atoms with van der Waals surface area (Å²) in [5, 5.41) is -0.418. The van der Waals surface area contributed by atoms with Gasteiger partial charge in [0.05, 0.1) is 5.38 Å². The van der Waals surface area contributed by atoms with Crippen LogP contribution in [-0.2, 0) is 0 Å². The molecule has 0 amide bonds. The number of aryl methyl sites for hydroxylation is 1. The van der Waals surface area contributed by atoms with E-state index >= 15 is 0 Å². The van der Waals surface area contributed by atoms with E-state index in [0.717, 1.165) is 20.1 Å². The summed E-state index contributed by atoms with van der Waals surface area (Å²) in [6.07, 6.45) is 0. The van der Waals surface area contributed by atoms with Crippen molar-refractivity contribution in [2.75, 3.05) is 0 Å². The van der Waals surface area contributed by atoms with E-state index in [0.29, 0.717) is 10.0 Å². The van der Waals surface area contributed by atoms with E-state index in [4.69, 9.17) is 11.6 Å². The van der Waals surface area contributed by atoms with Gasteiger partial charge in [0.1, 0.15) is 5.82 Å². The Balaban J connectivity index is 2.49. The fourth-order valence-electron chi connectivity index (χ4n) is 1.76. The van der Waals surface area contributed by atoms with Gasteiger partial charge in [-0.15, -0.1) is 11.6 Å². The van der Waals surface area contributed by atoms with Crippen LogP contribution in [-0.4, -0.2) is 0 Å². The number of halogens is 5. The molecule has 0 aliphatic rings. The van der Waals surface area contributed by atoms with Gasteiger partial charge in [-0.1, -0.05) is 47.8 Å². The molecular formula is C14H9Br3ClF. The summed E-state index contributed by atoms with van der Waals surface area (Å²) in [6.45, 7) is 2.00. The first kappa shape index (κ1) is 15.5. The Labute approximate surface area is 141 Å². The van der Waals surface area contributed by atoms with Crippen LogP contribution in [0.2, 0.25) is 0 Å². The quantitative estimate of drug-likeness (QED) is 0.425. The zero-order chi connectivity index (χ0) is 14.2. The van der Waals surface area contributed by atoms with Crippen molar-refractivity contribution in [3.05, 3.63) is 66.3 Å². The van der Waals surface area contributed by atoms with Gasteiger partial charge in [-0.05, 0) is 53.9 Å². The van der Waals surface area contributed by atoms with E-state index in [1.807, 2.05) is 25.1 Å². The van der Waals surface area contributed by atoms with Crippen LogP contribution in [0.15, 0.2) is 43.7 Å². The molecule has 0 bridgehead atoms. The van der Waals surface area contributed by atoms with Gasteiger partial charge in [0, 0.05) is 13.4 Å². The molecule has 0 aliphatic heterocycles. The second kappa shape index (κ2) is 6.25. The third-order valence-electron chi connectivity index (χ3n) is 2.73. The van der Waals surface area contributed by atoms with E-state index in [1.165, 1.54) is 12.1 Å². The second-order valence-electron chi connectivity index (χ2n) is 4.19. The number of alkyl halides is 1. The maximum Gasteiger partial charge on any atom is 0.124 e. The van der Waals surface area contributed by atoms with Crippen molar-refractivity contribution in [1.82, 2.24) is 0 Å². The van der Waals surface area contributed by atoms with Crippen LogP contribution >= 0.6 is 59.4 Å². The SMILES string of the molecule is Cc1cc(Br)c(C(Cl)c2cc(F)cc(Br)c2)cc1Br. The standard InChI is InChI=1S/C14H9Br3ClF/c1-7-2-13(17)11(6-12(7)16)14(18)8-3-9(15)5-10(19)4-8/h2-6,14H,1H3. The fourth-order valence-corrected chi connectivity index (χ4v) is 3.73. The van der Waals surface area contributed by atoms with Crippen LogP contribution in [0.5, 0.6) is 0 Å². The van der Waals surface area contributed by atoms with Gasteiger partial charge in [-0.3, -0.25) is 0 Å². The molecule has 0 aliphatic carbocycles. The molecule has 1 unspecified atom stereocenters. The fraction of sp³-hybridized carbons (Fsp3) is 0.143. The average Bonchev–Trinajstić information content (AvgIpc) is 2.31. The Kier molecular flexibility index (Phi) is 5.09. The topological polar surface area (TPSA) is 0 Å². The van der Waals surface area contributed by atoms with Gasteiger partial charge in [0.25, 0.3) is 0 Å². The molecule has 0 N–H and O–H groups in total. The summed E-state index contributed by atoms with van der Waals surface area (Å²) in [5.41, 5.74) is 2.72. The molecule has 0 saturated carbocycles. The molecule has 100 valence electrons. The van der Waals surface area contributed by atoms with Crippen LogP contribution in [0.3, 0.4) is 0 Å². The molecule has 0 radical (unpaired) electrons. The van der Waals surface area contributed by atoms with Crippen molar-refractivity contribution in [2.24, 2.45) is 0 Å². The van der Waals surface area contributed by atoms with E-state index in [9.17, 15) is 4.39 Å². The van der Waals surface area contributed by atoms with Crippen LogP contribution in [0.25, 0.3) is 0 Å². The van der Waals surface area contributed by atoms with Gasteiger partial charge in [0.2, 0.25) is 0 Å². The highest BCUT2D eigenvalue weighted by Crippen LogP contribution is 2.37. The Hall–Kier alpha value is 0.1000. The molecule has 2 aromatic rings. The highest BCUT2D eigenvalue weighted by atomic mass is 79.9. The molecule has 0 aromatic heterocycles. The Morgan fingerprint density at radius 3 is 2.32 bits per heavy atom. The Morgan fingerprint density at radius 1 is 1.00 bits per heavy atom. The maximum absolute atomic E-state index is 13.4. The number of rotatable bonds is 2. The predicted octanol–water partition coefficient (Wildman–Crippen LogP) is 6.75. The summed E-state index contributed by atoms with van der Waals surface area (Å²) in [7, 11) is 0. The van der Waals surface area contributed by atoms with E-state index < -0.39 is 5.38 Å². The lowest BCUT2D eigenvalue weighted by atomic mass is 10.0. The summed E-state index contributed by atoms with van der Waals surface area (Å²) >= 11 is 16.7. The van der Waals surface area contributed by atoms with Crippen LogP contribution in [0, 0.1) is 12.7 Å². The molecule has 0 fully saturated rings. The lowest BCUT2D eigenvalue weighted by molar-refractivity contribution is 0.625. The number of hydrogen-bond donors (Lipinski definition) is 0. The molecule has 2 aromatic carbocycles. The highest BCUT2D eigenvalue weighted by molar-refractivity contribution is 9.11. The Morgan fingerprint density at radius 2 is 1.68 bits per heavy atom. The molecule has 0 nitrogen and oxygen atoms in total. The maximum atomic E-state index is 13.4. The lowest BCUT2D eigenvalue weighted by Gasteiger charge is -2.14. The van der Waals surface area contributed by atoms with Gasteiger partial charge in [-0.25, -0.2) is 4.39 Å². The largest absolute Gasteiger partial charge is 0.207 e. The van der Waals surface area contributed by atoms with Gasteiger partial charge in [0.15, 0.2) is 0 Å². The van der Waals surface area contributed by atoms with Crippen molar-refractivity contribution in [1.29, 1.82) is 0 Å². The minimum atomic E-state index is -0.418. The monoisotopic (exact) mass is 468 g/mol. The lowest BCUT2D eigenvalue weighted by Crippen LogP contribution is -1.97. The molecule has 0 heterocycles. The third-order valence-corrected chi connectivity index (χ3v) is 5.21. The minimum Gasteiger partial charge on any atom is -0.207 e. The van der Waals surface area contributed by atoms with E-state index in [-0.39, 0.29) is 5.82 Å². The summed E-state index contributed by atoms with van der Waals surface area (Å²) < 4.78 is 16.0. The smallest absolute Gasteiger partial charge is 0.124 e. The normalized spacial score (nSPS) is 12.5. The molecule has 5 heteroatoms. The number of hydrogen-bond acceptors (Lipinski definition) is 0. The van der Waals surface area contributed by atoms with Gasteiger partial charge >= 0.3 is 0 Å². The first-order chi connectivity index (χ1) is 8.88. The summed E-state index contributed by atoms with van der Waals surface area (Å²) in [5.74, 6) is -0.308. The van der Waals surface area contributed by atoms with Crippen molar-refractivity contribution >= 4 is 59.4 Å². The third kappa shape index (κ3) is 3.60. The molecule has 2 rings (SSSR count). The second-order valence-corrected chi connectivity index (χ2v) is 7.25. The van der Waals surface area contributed by atoms with Crippen LogP contribution < -0.4 is 0 Å². The first-order valence-electron chi connectivity index (χ1n) is 5.44. The summed E-state index contributed by atoms with van der Waals surface area (Å²) in [4.78, 5) is 0. The highest BCUT2D eigenvalue weighted by Gasteiger charge is 2.16. The minimum absolute atomic E-state index is 0.308. The summed E-state index contributed by atoms with van der Waals surface area (Å²) in [6, 6.07) is 8.62.